The summed E-state index contributed by atoms with van der Waals surface area (Å²) >= 11 is 0. The van der Waals surface area contributed by atoms with Crippen molar-refractivity contribution in [2.45, 2.75) is 18.2 Å². The molecule has 0 unspecified atom stereocenters. The van der Waals surface area contributed by atoms with E-state index in [-0.39, 0.29) is 4.90 Å². The van der Waals surface area contributed by atoms with Gasteiger partial charge in [0.15, 0.2) is 9.84 Å². The number of aromatic amines is 1. The lowest BCUT2D eigenvalue weighted by Gasteiger charge is -2.13. The van der Waals surface area contributed by atoms with Crippen molar-refractivity contribution in [2.24, 2.45) is 0 Å². The molecule has 0 radical (unpaired) electrons. The van der Waals surface area contributed by atoms with Gasteiger partial charge in [0.05, 0.1) is 23.1 Å². The monoisotopic (exact) mass is 375 g/mol. The standard InChI is InChI=1S/C17H21N5O3S/c1-4-8-18-15-12-7-9-19-16(12)22-17(21-15)20-13-6-5-11(26(3,23)24)10-14(13)25-2/h5-7,9-10H,4,8H2,1-3H3,(H3,18,19,20,21,22). The molecule has 3 aromatic rings. The summed E-state index contributed by atoms with van der Waals surface area (Å²) in [6.07, 6.45) is 3.93. The number of rotatable bonds is 7. The Labute approximate surface area is 151 Å². The van der Waals surface area contributed by atoms with E-state index >= 15 is 0 Å². The summed E-state index contributed by atoms with van der Waals surface area (Å²) in [5, 5.41) is 7.29. The number of anilines is 3. The topological polar surface area (TPSA) is 109 Å². The Bertz CT molecular complexity index is 1030. The van der Waals surface area contributed by atoms with Gasteiger partial charge in [-0.2, -0.15) is 9.97 Å². The molecular weight excluding hydrogens is 354 g/mol. The van der Waals surface area contributed by atoms with Crippen LogP contribution in [-0.2, 0) is 9.84 Å². The zero-order chi connectivity index (χ0) is 18.7. The molecule has 0 aliphatic rings. The minimum atomic E-state index is -3.32. The number of ether oxygens (including phenoxy) is 1. The highest BCUT2D eigenvalue weighted by Crippen LogP contribution is 2.30. The molecule has 0 saturated heterocycles. The quantitative estimate of drug-likeness (QED) is 0.582. The molecule has 26 heavy (non-hydrogen) atoms. The largest absolute Gasteiger partial charge is 0.495 e. The first kappa shape index (κ1) is 18.0. The Hall–Kier alpha value is -2.81. The maximum atomic E-state index is 11.7. The fraction of sp³-hybridized carbons (Fsp3) is 0.294. The van der Waals surface area contributed by atoms with Crippen LogP contribution >= 0.6 is 0 Å². The third kappa shape index (κ3) is 3.72. The molecule has 2 aromatic heterocycles. The first-order valence-corrected chi connectivity index (χ1v) is 10.1. The minimum Gasteiger partial charge on any atom is -0.495 e. The lowest BCUT2D eigenvalue weighted by Crippen LogP contribution is -2.06. The van der Waals surface area contributed by atoms with E-state index in [2.05, 4.69) is 32.5 Å². The predicted octanol–water partition coefficient (Wildman–Crippen LogP) is 2.94. The average molecular weight is 375 g/mol. The summed E-state index contributed by atoms with van der Waals surface area (Å²) in [6, 6.07) is 6.54. The second-order valence-corrected chi connectivity index (χ2v) is 7.84. The second kappa shape index (κ2) is 7.20. The fourth-order valence-corrected chi connectivity index (χ4v) is 3.14. The average Bonchev–Trinajstić information content (AvgIpc) is 3.07. The normalized spacial score (nSPS) is 11.5. The van der Waals surface area contributed by atoms with E-state index in [1.54, 1.807) is 6.07 Å². The molecule has 0 amide bonds. The number of nitrogens with one attached hydrogen (secondary N) is 3. The molecule has 0 spiro atoms. The van der Waals surface area contributed by atoms with Gasteiger partial charge in [0.1, 0.15) is 17.2 Å². The Morgan fingerprint density at radius 1 is 1.23 bits per heavy atom. The number of sulfone groups is 1. The molecule has 3 rings (SSSR count). The predicted molar refractivity (Wildman–Crippen MR) is 102 cm³/mol. The van der Waals surface area contributed by atoms with Gasteiger partial charge in [-0.3, -0.25) is 0 Å². The van der Waals surface area contributed by atoms with Crippen molar-refractivity contribution >= 4 is 38.3 Å². The maximum absolute atomic E-state index is 11.7. The van der Waals surface area contributed by atoms with Gasteiger partial charge >= 0.3 is 0 Å². The molecule has 9 heteroatoms. The van der Waals surface area contributed by atoms with E-state index in [1.807, 2.05) is 12.3 Å². The Kier molecular flexibility index (Phi) is 4.99. The number of benzene rings is 1. The summed E-state index contributed by atoms with van der Waals surface area (Å²) < 4.78 is 28.8. The van der Waals surface area contributed by atoms with Crippen molar-refractivity contribution in [2.75, 3.05) is 30.5 Å². The second-order valence-electron chi connectivity index (χ2n) is 5.82. The molecule has 2 heterocycles. The van der Waals surface area contributed by atoms with E-state index in [0.29, 0.717) is 23.0 Å². The lowest BCUT2D eigenvalue weighted by molar-refractivity contribution is 0.415. The number of methoxy groups -OCH3 is 1. The first-order valence-electron chi connectivity index (χ1n) is 8.16. The molecule has 0 bridgehead atoms. The van der Waals surface area contributed by atoms with Crippen LogP contribution in [0.3, 0.4) is 0 Å². The molecule has 0 aliphatic carbocycles. The van der Waals surface area contributed by atoms with Crippen LogP contribution < -0.4 is 15.4 Å². The van der Waals surface area contributed by atoms with Gasteiger partial charge in [-0.15, -0.1) is 0 Å². The molecule has 8 nitrogen and oxygen atoms in total. The van der Waals surface area contributed by atoms with Gasteiger partial charge < -0.3 is 20.4 Å². The number of hydrogen-bond donors (Lipinski definition) is 3. The molecule has 3 N–H and O–H groups in total. The molecule has 1 aromatic carbocycles. The zero-order valence-corrected chi connectivity index (χ0v) is 15.6. The van der Waals surface area contributed by atoms with Gasteiger partial charge in [0.25, 0.3) is 0 Å². The van der Waals surface area contributed by atoms with Crippen LogP contribution in [0, 0.1) is 0 Å². The zero-order valence-electron chi connectivity index (χ0n) is 14.8. The highest BCUT2D eigenvalue weighted by Gasteiger charge is 2.14. The number of nitrogens with zero attached hydrogens (tertiary/aromatic N) is 2. The smallest absolute Gasteiger partial charge is 0.231 e. The number of H-pyrrole nitrogens is 1. The van der Waals surface area contributed by atoms with E-state index < -0.39 is 9.84 Å². The van der Waals surface area contributed by atoms with Crippen LogP contribution in [0.5, 0.6) is 5.75 Å². The van der Waals surface area contributed by atoms with E-state index in [4.69, 9.17) is 4.74 Å². The van der Waals surface area contributed by atoms with Crippen LogP contribution in [0.1, 0.15) is 13.3 Å². The molecule has 0 saturated carbocycles. The van der Waals surface area contributed by atoms with Gasteiger partial charge in [-0.1, -0.05) is 6.92 Å². The number of aromatic nitrogens is 3. The van der Waals surface area contributed by atoms with Crippen molar-refractivity contribution in [3.8, 4) is 5.75 Å². The van der Waals surface area contributed by atoms with Crippen molar-refractivity contribution < 1.29 is 13.2 Å². The fourth-order valence-electron chi connectivity index (χ4n) is 2.50. The third-order valence-electron chi connectivity index (χ3n) is 3.81. The van der Waals surface area contributed by atoms with Crippen LogP contribution in [0.4, 0.5) is 17.5 Å². The van der Waals surface area contributed by atoms with E-state index in [0.717, 1.165) is 30.4 Å². The van der Waals surface area contributed by atoms with Gasteiger partial charge in [0.2, 0.25) is 5.95 Å². The molecular formula is C17H21N5O3S. The minimum absolute atomic E-state index is 0.186. The molecule has 0 fully saturated rings. The van der Waals surface area contributed by atoms with Gasteiger partial charge in [0, 0.05) is 25.1 Å². The Balaban J connectivity index is 1.98. The van der Waals surface area contributed by atoms with Crippen molar-refractivity contribution in [1.82, 2.24) is 15.0 Å². The summed E-state index contributed by atoms with van der Waals surface area (Å²) in [5.74, 6) is 1.50. The van der Waals surface area contributed by atoms with Crippen molar-refractivity contribution in [3.63, 3.8) is 0 Å². The summed E-state index contributed by atoms with van der Waals surface area (Å²) in [6.45, 7) is 2.87. The van der Waals surface area contributed by atoms with E-state index in [1.165, 1.54) is 19.2 Å². The van der Waals surface area contributed by atoms with Crippen LogP contribution in [0.2, 0.25) is 0 Å². The Morgan fingerprint density at radius 2 is 2.04 bits per heavy atom. The molecule has 0 aliphatic heterocycles. The molecule has 138 valence electrons. The molecule has 0 atom stereocenters. The summed E-state index contributed by atoms with van der Waals surface area (Å²) in [5.41, 5.74) is 1.28. The SMILES string of the molecule is CCCNc1nc(Nc2ccc(S(C)(=O)=O)cc2OC)nc2[nH]ccc12. The highest BCUT2D eigenvalue weighted by atomic mass is 32.2. The van der Waals surface area contributed by atoms with E-state index in [9.17, 15) is 8.42 Å². The summed E-state index contributed by atoms with van der Waals surface area (Å²) in [4.78, 5) is 12.2. The first-order chi connectivity index (χ1) is 12.4. The van der Waals surface area contributed by atoms with Gasteiger partial charge in [-0.05, 0) is 24.6 Å². The number of hydrogen-bond acceptors (Lipinski definition) is 7. The van der Waals surface area contributed by atoms with Crippen LogP contribution in [-0.4, -0.2) is 43.3 Å². The maximum Gasteiger partial charge on any atom is 0.231 e. The van der Waals surface area contributed by atoms with Gasteiger partial charge in [-0.25, -0.2) is 8.42 Å². The Morgan fingerprint density at radius 3 is 2.73 bits per heavy atom. The van der Waals surface area contributed by atoms with Crippen molar-refractivity contribution in [3.05, 3.63) is 30.5 Å². The third-order valence-corrected chi connectivity index (χ3v) is 4.92. The lowest BCUT2D eigenvalue weighted by atomic mass is 10.3. The van der Waals surface area contributed by atoms with Crippen LogP contribution in [0.25, 0.3) is 11.0 Å². The number of fused-ring (bicyclic) bond motifs is 1. The summed E-state index contributed by atoms with van der Waals surface area (Å²) in [7, 11) is -1.84. The van der Waals surface area contributed by atoms with Crippen molar-refractivity contribution in [1.29, 1.82) is 0 Å². The van der Waals surface area contributed by atoms with Crippen LogP contribution in [0.15, 0.2) is 35.4 Å². The highest BCUT2D eigenvalue weighted by molar-refractivity contribution is 7.90.